The van der Waals surface area contributed by atoms with Crippen LogP contribution in [0, 0.1) is 0 Å². The Morgan fingerprint density at radius 1 is 1.29 bits per heavy atom. The summed E-state index contributed by atoms with van der Waals surface area (Å²) in [6, 6.07) is 4.46. The molecule has 114 valence electrons. The third kappa shape index (κ3) is 3.16. The van der Waals surface area contributed by atoms with Crippen LogP contribution in [0.4, 0.5) is 0 Å². The maximum absolute atomic E-state index is 6.15. The molecule has 6 heteroatoms. The molecule has 0 amide bonds. The number of rotatable bonds is 6. The van der Waals surface area contributed by atoms with Gasteiger partial charge in [0.15, 0.2) is 0 Å². The van der Waals surface area contributed by atoms with E-state index >= 15 is 0 Å². The van der Waals surface area contributed by atoms with E-state index in [0.717, 1.165) is 42.5 Å². The van der Waals surface area contributed by atoms with Crippen molar-refractivity contribution in [2.45, 2.75) is 38.2 Å². The maximum Gasteiger partial charge on any atom is 0.124 e. The molecular weight excluding hydrogens is 329 g/mol. The molecule has 0 spiro atoms. The zero-order valence-corrected chi connectivity index (χ0v) is 14.2. The summed E-state index contributed by atoms with van der Waals surface area (Å²) < 4.78 is 2.16. The molecule has 1 aliphatic carbocycles. The van der Waals surface area contributed by atoms with Crippen LogP contribution in [0.25, 0.3) is 11.0 Å². The van der Waals surface area contributed by atoms with Gasteiger partial charge >= 0.3 is 0 Å². The van der Waals surface area contributed by atoms with Crippen molar-refractivity contribution in [2.75, 3.05) is 13.1 Å². The minimum Gasteiger partial charge on any atom is -0.326 e. The fourth-order valence-corrected chi connectivity index (χ4v) is 3.31. The Morgan fingerprint density at radius 3 is 2.62 bits per heavy atom. The van der Waals surface area contributed by atoms with Gasteiger partial charge in [0.25, 0.3) is 0 Å². The second kappa shape index (κ2) is 6.33. The average molecular weight is 347 g/mol. The Balaban J connectivity index is 1.90. The van der Waals surface area contributed by atoms with Crippen molar-refractivity contribution in [3.63, 3.8) is 0 Å². The molecule has 1 aromatic carbocycles. The van der Waals surface area contributed by atoms with Gasteiger partial charge in [-0.1, -0.05) is 30.1 Å². The van der Waals surface area contributed by atoms with Crippen LogP contribution in [0.2, 0.25) is 10.0 Å². The first kappa shape index (κ1) is 15.4. The van der Waals surface area contributed by atoms with E-state index in [9.17, 15) is 0 Å². The molecule has 1 heterocycles. The largest absolute Gasteiger partial charge is 0.326 e. The van der Waals surface area contributed by atoms with Crippen LogP contribution < -0.4 is 0 Å². The summed E-state index contributed by atoms with van der Waals surface area (Å²) in [5.74, 6) is 1.26. The third-order valence-corrected chi connectivity index (χ3v) is 5.03. The molecule has 1 saturated carbocycles. The van der Waals surface area contributed by atoms with Gasteiger partial charge in [-0.25, -0.2) is 4.98 Å². The van der Waals surface area contributed by atoms with Gasteiger partial charge < -0.3 is 4.57 Å². The minimum atomic E-state index is 0.388. The highest BCUT2D eigenvalue weighted by atomic mass is 35.5. The maximum atomic E-state index is 6.15. The second-order valence-electron chi connectivity index (χ2n) is 5.43. The van der Waals surface area contributed by atoms with Crippen LogP contribution in [0.15, 0.2) is 12.1 Å². The van der Waals surface area contributed by atoms with Crippen molar-refractivity contribution in [3.8, 4) is 0 Å². The van der Waals surface area contributed by atoms with Crippen molar-refractivity contribution < 1.29 is 0 Å². The van der Waals surface area contributed by atoms with Gasteiger partial charge in [0.05, 0.1) is 27.0 Å². The predicted molar refractivity (Wildman–Crippen MR) is 89.6 cm³/mol. The number of fused-ring (bicyclic) bond motifs is 1. The number of benzene rings is 1. The number of imidazole rings is 1. The van der Waals surface area contributed by atoms with E-state index in [2.05, 4.69) is 21.4 Å². The molecule has 0 saturated heterocycles. The molecule has 0 aliphatic heterocycles. The van der Waals surface area contributed by atoms with Crippen molar-refractivity contribution in [1.29, 1.82) is 0 Å². The smallest absolute Gasteiger partial charge is 0.124 e. The summed E-state index contributed by atoms with van der Waals surface area (Å²) in [7, 11) is 0. The van der Waals surface area contributed by atoms with Gasteiger partial charge in [-0.15, -0.1) is 11.6 Å². The lowest BCUT2D eigenvalue weighted by molar-refractivity contribution is 0.266. The molecule has 0 unspecified atom stereocenters. The third-order valence-electron chi connectivity index (χ3n) is 4.07. The van der Waals surface area contributed by atoms with E-state index in [1.807, 2.05) is 12.1 Å². The predicted octanol–water partition coefficient (Wildman–Crippen LogP) is 4.57. The lowest BCUT2D eigenvalue weighted by atomic mass is 10.3. The first-order chi connectivity index (χ1) is 10.1. The first-order valence-corrected chi connectivity index (χ1v) is 8.57. The summed E-state index contributed by atoms with van der Waals surface area (Å²) in [5.41, 5.74) is 1.86. The molecule has 21 heavy (non-hydrogen) atoms. The van der Waals surface area contributed by atoms with E-state index in [0.29, 0.717) is 15.9 Å². The quantitative estimate of drug-likeness (QED) is 0.715. The highest BCUT2D eigenvalue weighted by molar-refractivity contribution is 6.42. The second-order valence-corrected chi connectivity index (χ2v) is 6.51. The van der Waals surface area contributed by atoms with Crippen LogP contribution in [0.1, 0.15) is 25.6 Å². The van der Waals surface area contributed by atoms with Gasteiger partial charge in [-0.3, -0.25) is 4.90 Å². The highest BCUT2D eigenvalue weighted by Gasteiger charge is 2.27. The average Bonchev–Trinajstić information content (AvgIpc) is 3.25. The molecule has 0 radical (unpaired) electrons. The number of halogens is 3. The van der Waals surface area contributed by atoms with Crippen LogP contribution >= 0.6 is 34.8 Å². The van der Waals surface area contributed by atoms with Crippen molar-refractivity contribution >= 4 is 45.8 Å². The van der Waals surface area contributed by atoms with Crippen molar-refractivity contribution in [1.82, 2.24) is 14.5 Å². The molecule has 0 atom stereocenters. The van der Waals surface area contributed by atoms with Gasteiger partial charge in [-0.2, -0.15) is 0 Å². The minimum absolute atomic E-state index is 0.388. The van der Waals surface area contributed by atoms with E-state index in [1.54, 1.807) is 0 Å². The number of likely N-dealkylation sites (N-methyl/N-ethyl adjacent to an activating group) is 1. The van der Waals surface area contributed by atoms with Crippen LogP contribution in [0.5, 0.6) is 0 Å². The van der Waals surface area contributed by atoms with Crippen LogP contribution in [-0.4, -0.2) is 33.6 Å². The Morgan fingerprint density at radius 2 is 2.00 bits per heavy atom. The normalized spacial score (nSPS) is 15.3. The van der Waals surface area contributed by atoms with E-state index < -0.39 is 0 Å². The summed E-state index contributed by atoms with van der Waals surface area (Å²) in [4.78, 5) is 7.08. The Labute approximate surface area is 139 Å². The molecule has 2 aromatic rings. The number of aromatic nitrogens is 2. The van der Waals surface area contributed by atoms with Crippen molar-refractivity contribution in [3.05, 3.63) is 28.0 Å². The first-order valence-electron chi connectivity index (χ1n) is 7.28. The van der Waals surface area contributed by atoms with Gasteiger partial charge in [-0.05, 0) is 31.5 Å². The highest BCUT2D eigenvalue weighted by Crippen LogP contribution is 2.30. The summed E-state index contributed by atoms with van der Waals surface area (Å²) in [6.45, 7) is 5.18. The molecular formula is C15H18Cl3N3. The number of alkyl halides is 1. The molecule has 0 bridgehead atoms. The summed E-state index contributed by atoms with van der Waals surface area (Å²) >= 11 is 18.3. The van der Waals surface area contributed by atoms with E-state index in [4.69, 9.17) is 34.8 Å². The van der Waals surface area contributed by atoms with Gasteiger partial charge in [0, 0.05) is 19.1 Å². The van der Waals surface area contributed by atoms with Gasteiger partial charge in [0.1, 0.15) is 5.82 Å². The molecule has 1 aromatic heterocycles. The zero-order valence-electron chi connectivity index (χ0n) is 12.0. The Kier molecular flexibility index (Phi) is 4.65. The van der Waals surface area contributed by atoms with Crippen LogP contribution in [-0.2, 0) is 12.4 Å². The number of hydrogen-bond donors (Lipinski definition) is 0. The standard InChI is InChI=1S/C15H18Cl3N3/c1-2-20(10-3-4-10)5-6-21-14-8-12(18)11(17)7-13(14)19-15(21)9-16/h7-8,10H,2-6,9H2,1H3. The monoisotopic (exact) mass is 345 g/mol. The van der Waals surface area contributed by atoms with Crippen molar-refractivity contribution in [2.24, 2.45) is 0 Å². The lowest BCUT2D eigenvalue weighted by Crippen LogP contribution is -2.29. The topological polar surface area (TPSA) is 21.1 Å². The SMILES string of the molecule is CCN(CCn1c(CCl)nc2cc(Cl)c(Cl)cc21)C1CC1. The fraction of sp³-hybridized carbons (Fsp3) is 0.533. The van der Waals surface area contributed by atoms with Crippen LogP contribution in [0.3, 0.4) is 0 Å². The summed E-state index contributed by atoms with van der Waals surface area (Å²) in [5, 5.41) is 1.09. The van der Waals surface area contributed by atoms with E-state index in [1.165, 1.54) is 12.8 Å². The number of nitrogens with zero attached hydrogens (tertiary/aromatic N) is 3. The molecule has 1 aliphatic rings. The Hall–Kier alpha value is -0.480. The lowest BCUT2D eigenvalue weighted by Gasteiger charge is -2.20. The molecule has 3 nitrogen and oxygen atoms in total. The zero-order chi connectivity index (χ0) is 15.0. The van der Waals surface area contributed by atoms with Gasteiger partial charge in [0.2, 0.25) is 0 Å². The summed E-state index contributed by atoms with van der Waals surface area (Å²) in [6.07, 6.45) is 2.64. The Bertz CT molecular complexity index is 649. The fourth-order valence-electron chi connectivity index (χ4n) is 2.79. The molecule has 0 N–H and O–H groups in total. The number of hydrogen-bond acceptors (Lipinski definition) is 2. The molecule has 1 fully saturated rings. The molecule has 3 rings (SSSR count). The van der Waals surface area contributed by atoms with E-state index in [-0.39, 0.29) is 0 Å².